The van der Waals surface area contributed by atoms with E-state index in [-0.39, 0.29) is 12.6 Å². The number of aliphatic hydroxyl groups excluding tert-OH is 1. The predicted molar refractivity (Wildman–Crippen MR) is 57.2 cm³/mol. The number of nitrogens with two attached hydrogens (primary N) is 1. The second kappa shape index (κ2) is 3.89. The Hall–Kier alpha value is -0.570. The number of hydrogen-bond acceptors (Lipinski definition) is 2. The molecule has 76 valence electrons. The van der Waals surface area contributed by atoms with Crippen molar-refractivity contribution >= 4 is 11.6 Å². The third-order valence-corrected chi connectivity index (χ3v) is 3.23. The fourth-order valence-electron chi connectivity index (χ4n) is 2.18. The molecule has 1 aliphatic carbocycles. The molecule has 0 saturated carbocycles. The van der Waals surface area contributed by atoms with Gasteiger partial charge in [-0.3, -0.25) is 0 Å². The van der Waals surface area contributed by atoms with Crippen LogP contribution in [0.3, 0.4) is 0 Å². The smallest absolute Gasteiger partial charge is 0.0685 e. The molecule has 2 nitrogen and oxygen atoms in total. The SMILES string of the molecule is NC1CCCc2c(Cl)ccc(CO)c21. The van der Waals surface area contributed by atoms with Crippen LogP contribution >= 0.6 is 11.6 Å². The summed E-state index contributed by atoms with van der Waals surface area (Å²) in [5.74, 6) is 0. The van der Waals surface area contributed by atoms with Crippen LogP contribution in [0.1, 0.15) is 35.6 Å². The fourth-order valence-corrected chi connectivity index (χ4v) is 2.44. The summed E-state index contributed by atoms with van der Waals surface area (Å²) < 4.78 is 0. The van der Waals surface area contributed by atoms with Crippen molar-refractivity contribution in [3.8, 4) is 0 Å². The van der Waals surface area contributed by atoms with E-state index >= 15 is 0 Å². The third-order valence-electron chi connectivity index (χ3n) is 2.87. The molecule has 0 radical (unpaired) electrons. The second-order valence-corrected chi connectivity index (χ2v) is 4.16. The highest BCUT2D eigenvalue weighted by Gasteiger charge is 2.21. The number of halogens is 1. The maximum atomic E-state index is 9.20. The third kappa shape index (κ3) is 1.54. The molecule has 1 aromatic rings. The van der Waals surface area contributed by atoms with Crippen molar-refractivity contribution in [3.05, 3.63) is 33.8 Å². The highest BCUT2D eigenvalue weighted by Crippen LogP contribution is 2.35. The van der Waals surface area contributed by atoms with Gasteiger partial charge in [-0.05, 0) is 42.0 Å². The summed E-state index contributed by atoms with van der Waals surface area (Å²) in [7, 11) is 0. The first-order chi connectivity index (χ1) is 6.74. The van der Waals surface area contributed by atoms with Crippen molar-refractivity contribution in [2.45, 2.75) is 31.9 Å². The molecular weight excluding hydrogens is 198 g/mol. The van der Waals surface area contributed by atoms with E-state index in [0.29, 0.717) is 0 Å². The summed E-state index contributed by atoms with van der Waals surface area (Å²) in [5, 5.41) is 9.99. The summed E-state index contributed by atoms with van der Waals surface area (Å²) >= 11 is 6.10. The van der Waals surface area contributed by atoms with Crippen LogP contribution in [-0.2, 0) is 13.0 Å². The van der Waals surface area contributed by atoms with Crippen LogP contribution in [0.2, 0.25) is 5.02 Å². The Morgan fingerprint density at radius 2 is 2.29 bits per heavy atom. The molecule has 0 heterocycles. The van der Waals surface area contributed by atoms with Crippen molar-refractivity contribution in [1.29, 1.82) is 0 Å². The highest BCUT2D eigenvalue weighted by molar-refractivity contribution is 6.31. The van der Waals surface area contributed by atoms with Gasteiger partial charge >= 0.3 is 0 Å². The number of fused-ring (bicyclic) bond motifs is 1. The number of benzene rings is 1. The van der Waals surface area contributed by atoms with Crippen molar-refractivity contribution in [1.82, 2.24) is 0 Å². The monoisotopic (exact) mass is 211 g/mol. The zero-order chi connectivity index (χ0) is 10.1. The van der Waals surface area contributed by atoms with Crippen LogP contribution in [0, 0.1) is 0 Å². The van der Waals surface area contributed by atoms with Gasteiger partial charge in [0.15, 0.2) is 0 Å². The Labute approximate surface area is 88.7 Å². The lowest BCUT2D eigenvalue weighted by atomic mass is 9.85. The minimum Gasteiger partial charge on any atom is -0.392 e. The Morgan fingerprint density at radius 1 is 1.50 bits per heavy atom. The van der Waals surface area contributed by atoms with E-state index in [2.05, 4.69) is 0 Å². The maximum absolute atomic E-state index is 9.20. The van der Waals surface area contributed by atoms with E-state index in [9.17, 15) is 5.11 Å². The standard InChI is InChI=1S/C11H14ClNO/c12-9-5-4-7(6-14)11-8(9)2-1-3-10(11)13/h4-5,10,14H,1-3,6,13H2. The van der Waals surface area contributed by atoms with Crippen molar-refractivity contribution in [2.75, 3.05) is 0 Å². The summed E-state index contributed by atoms with van der Waals surface area (Å²) in [6.07, 6.45) is 3.05. The topological polar surface area (TPSA) is 46.2 Å². The molecule has 0 amide bonds. The van der Waals surface area contributed by atoms with Crippen molar-refractivity contribution in [2.24, 2.45) is 5.73 Å². The van der Waals surface area contributed by atoms with Crippen LogP contribution < -0.4 is 5.73 Å². The number of hydrogen-bond donors (Lipinski definition) is 2. The van der Waals surface area contributed by atoms with Crippen LogP contribution in [0.15, 0.2) is 12.1 Å². The molecule has 1 atom stereocenters. The maximum Gasteiger partial charge on any atom is 0.0685 e. The average molecular weight is 212 g/mol. The highest BCUT2D eigenvalue weighted by atomic mass is 35.5. The minimum atomic E-state index is 0.0413. The number of rotatable bonds is 1. The lowest BCUT2D eigenvalue weighted by molar-refractivity contribution is 0.279. The first kappa shape index (κ1) is 9.97. The van der Waals surface area contributed by atoms with Gasteiger partial charge in [-0.2, -0.15) is 0 Å². The van der Waals surface area contributed by atoms with Gasteiger partial charge in [-0.1, -0.05) is 17.7 Å². The van der Waals surface area contributed by atoms with Crippen molar-refractivity contribution < 1.29 is 5.11 Å². The zero-order valence-corrected chi connectivity index (χ0v) is 8.72. The molecule has 0 aliphatic heterocycles. The molecular formula is C11H14ClNO. The Kier molecular flexibility index (Phi) is 2.77. The van der Waals surface area contributed by atoms with Crippen LogP contribution in [0.5, 0.6) is 0 Å². The summed E-state index contributed by atoms with van der Waals surface area (Å²) in [6.45, 7) is 0.0488. The van der Waals surface area contributed by atoms with Gasteiger partial charge in [0, 0.05) is 11.1 Å². The van der Waals surface area contributed by atoms with E-state index in [4.69, 9.17) is 17.3 Å². The van der Waals surface area contributed by atoms with Gasteiger partial charge < -0.3 is 10.8 Å². The van der Waals surface area contributed by atoms with Gasteiger partial charge in [-0.25, -0.2) is 0 Å². The Morgan fingerprint density at radius 3 is 3.00 bits per heavy atom. The Bertz CT molecular complexity index is 351. The molecule has 1 aromatic carbocycles. The molecule has 3 N–H and O–H groups in total. The van der Waals surface area contributed by atoms with E-state index in [1.807, 2.05) is 12.1 Å². The molecule has 0 fully saturated rings. The average Bonchev–Trinajstić information content (AvgIpc) is 2.20. The first-order valence-electron chi connectivity index (χ1n) is 4.90. The van der Waals surface area contributed by atoms with E-state index < -0.39 is 0 Å². The molecule has 0 spiro atoms. The van der Waals surface area contributed by atoms with E-state index in [1.165, 1.54) is 0 Å². The Balaban J connectivity index is 2.58. The predicted octanol–water partition coefficient (Wildman–Crippen LogP) is 2.17. The minimum absolute atomic E-state index is 0.0413. The molecule has 1 unspecified atom stereocenters. The molecule has 14 heavy (non-hydrogen) atoms. The molecule has 1 aliphatic rings. The van der Waals surface area contributed by atoms with Crippen LogP contribution in [0.4, 0.5) is 0 Å². The zero-order valence-electron chi connectivity index (χ0n) is 7.96. The normalized spacial score (nSPS) is 20.6. The second-order valence-electron chi connectivity index (χ2n) is 3.76. The van der Waals surface area contributed by atoms with Gasteiger partial charge in [0.25, 0.3) is 0 Å². The van der Waals surface area contributed by atoms with Gasteiger partial charge in [0.05, 0.1) is 6.61 Å². The summed E-state index contributed by atoms with van der Waals surface area (Å²) in [5.41, 5.74) is 9.16. The summed E-state index contributed by atoms with van der Waals surface area (Å²) in [6, 6.07) is 3.76. The molecule has 2 rings (SSSR count). The van der Waals surface area contributed by atoms with Gasteiger partial charge in [0.1, 0.15) is 0 Å². The quantitative estimate of drug-likeness (QED) is 0.748. The molecule has 3 heteroatoms. The van der Waals surface area contributed by atoms with E-state index in [0.717, 1.165) is 41.0 Å². The van der Waals surface area contributed by atoms with E-state index in [1.54, 1.807) is 0 Å². The largest absolute Gasteiger partial charge is 0.392 e. The first-order valence-corrected chi connectivity index (χ1v) is 5.28. The van der Waals surface area contributed by atoms with Gasteiger partial charge in [-0.15, -0.1) is 0 Å². The molecule has 0 bridgehead atoms. The summed E-state index contributed by atoms with van der Waals surface area (Å²) in [4.78, 5) is 0. The van der Waals surface area contributed by atoms with Crippen LogP contribution in [0.25, 0.3) is 0 Å². The van der Waals surface area contributed by atoms with Crippen LogP contribution in [-0.4, -0.2) is 5.11 Å². The van der Waals surface area contributed by atoms with Gasteiger partial charge in [0.2, 0.25) is 0 Å². The lowest BCUT2D eigenvalue weighted by Gasteiger charge is -2.25. The fraction of sp³-hybridized carbons (Fsp3) is 0.455. The number of aliphatic hydroxyl groups is 1. The van der Waals surface area contributed by atoms with Crippen molar-refractivity contribution in [3.63, 3.8) is 0 Å². The lowest BCUT2D eigenvalue weighted by Crippen LogP contribution is -2.19. The molecule has 0 aromatic heterocycles. The molecule has 0 saturated heterocycles.